The maximum absolute atomic E-state index is 12.1. The van der Waals surface area contributed by atoms with Crippen LogP contribution in [-0.4, -0.2) is 28.5 Å². The van der Waals surface area contributed by atoms with Crippen molar-refractivity contribution < 1.29 is 4.79 Å². The lowest BCUT2D eigenvalue weighted by molar-refractivity contribution is -0.121. The van der Waals surface area contributed by atoms with E-state index in [2.05, 4.69) is 10.3 Å². The standard InChI is InChI=1S/C12H16N4O2S/c1-8-6-9-11(19-8)15-7-16(12(9)18)5-2-10(17)14-4-3-13/h6-7H,2-5,13H2,1H3,(H,14,17). The first kappa shape index (κ1) is 13.7. The average molecular weight is 280 g/mol. The molecule has 0 atom stereocenters. The van der Waals surface area contributed by atoms with E-state index in [0.29, 0.717) is 25.0 Å². The zero-order chi connectivity index (χ0) is 13.8. The van der Waals surface area contributed by atoms with Gasteiger partial charge in [0, 0.05) is 30.9 Å². The van der Waals surface area contributed by atoms with E-state index in [4.69, 9.17) is 5.73 Å². The summed E-state index contributed by atoms with van der Waals surface area (Å²) < 4.78 is 1.47. The van der Waals surface area contributed by atoms with Gasteiger partial charge in [0.25, 0.3) is 5.56 Å². The molecular formula is C12H16N4O2S. The van der Waals surface area contributed by atoms with Crippen LogP contribution in [0.15, 0.2) is 17.2 Å². The largest absolute Gasteiger partial charge is 0.355 e. The third kappa shape index (κ3) is 3.18. The minimum Gasteiger partial charge on any atom is -0.355 e. The summed E-state index contributed by atoms with van der Waals surface area (Å²) in [5.74, 6) is -0.112. The second-order valence-electron chi connectivity index (χ2n) is 4.21. The molecule has 3 N–H and O–H groups in total. The second kappa shape index (κ2) is 5.94. The van der Waals surface area contributed by atoms with Crippen LogP contribution in [0.2, 0.25) is 0 Å². The molecule has 0 aliphatic rings. The van der Waals surface area contributed by atoms with Gasteiger partial charge in [0.1, 0.15) is 4.83 Å². The summed E-state index contributed by atoms with van der Waals surface area (Å²) in [6.07, 6.45) is 1.74. The van der Waals surface area contributed by atoms with Gasteiger partial charge in [0.15, 0.2) is 0 Å². The molecule has 1 amide bonds. The number of carbonyl (C=O) groups excluding carboxylic acids is 1. The van der Waals surface area contributed by atoms with Gasteiger partial charge in [0.05, 0.1) is 11.7 Å². The number of nitrogens with two attached hydrogens (primary N) is 1. The van der Waals surface area contributed by atoms with Gasteiger partial charge < -0.3 is 11.1 Å². The van der Waals surface area contributed by atoms with E-state index in [1.807, 2.05) is 13.0 Å². The Labute approximate surface area is 114 Å². The molecule has 6 nitrogen and oxygen atoms in total. The lowest BCUT2D eigenvalue weighted by Crippen LogP contribution is -2.31. The lowest BCUT2D eigenvalue weighted by atomic mass is 10.3. The molecule has 0 radical (unpaired) electrons. The number of carbonyl (C=O) groups is 1. The zero-order valence-electron chi connectivity index (χ0n) is 10.7. The molecule has 0 aliphatic carbocycles. The quantitative estimate of drug-likeness (QED) is 0.820. The maximum atomic E-state index is 12.1. The van der Waals surface area contributed by atoms with E-state index >= 15 is 0 Å². The Morgan fingerprint density at radius 1 is 1.58 bits per heavy atom. The van der Waals surface area contributed by atoms with Crippen molar-refractivity contribution in [3.05, 3.63) is 27.6 Å². The fourth-order valence-electron chi connectivity index (χ4n) is 1.76. The van der Waals surface area contributed by atoms with Crippen LogP contribution in [0.4, 0.5) is 0 Å². The fourth-order valence-corrected chi connectivity index (χ4v) is 2.60. The van der Waals surface area contributed by atoms with Crippen LogP contribution < -0.4 is 16.6 Å². The Kier molecular flexibility index (Phi) is 4.28. The van der Waals surface area contributed by atoms with E-state index in [9.17, 15) is 9.59 Å². The number of nitrogens with zero attached hydrogens (tertiary/aromatic N) is 2. The van der Waals surface area contributed by atoms with Crippen LogP contribution >= 0.6 is 11.3 Å². The number of rotatable bonds is 5. The highest BCUT2D eigenvalue weighted by molar-refractivity contribution is 7.18. The van der Waals surface area contributed by atoms with E-state index in [1.165, 1.54) is 22.2 Å². The van der Waals surface area contributed by atoms with E-state index in [1.54, 1.807) is 0 Å². The van der Waals surface area contributed by atoms with Gasteiger partial charge in [-0.05, 0) is 13.0 Å². The van der Waals surface area contributed by atoms with Crippen molar-refractivity contribution in [1.29, 1.82) is 0 Å². The van der Waals surface area contributed by atoms with Gasteiger partial charge in [-0.15, -0.1) is 11.3 Å². The van der Waals surface area contributed by atoms with Crippen molar-refractivity contribution in [3.8, 4) is 0 Å². The van der Waals surface area contributed by atoms with Crippen LogP contribution in [0.5, 0.6) is 0 Å². The highest BCUT2D eigenvalue weighted by Crippen LogP contribution is 2.19. The number of fused-ring (bicyclic) bond motifs is 1. The van der Waals surface area contributed by atoms with Gasteiger partial charge in [-0.1, -0.05) is 0 Å². The summed E-state index contributed by atoms with van der Waals surface area (Å²) in [6.45, 7) is 3.13. The van der Waals surface area contributed by atoms with E-state index < -0.39 is 0 Å². The third-order valence-corrected chi connectivity index (χ3v) is 3.65. The molecule has 0 bridgehead atoms. The molecule has 0 unspecified atom stereocenters. The second-order valence-corrected chi connectivity index (χ2v) is 5.44. The predicted octanol–water partition coefficient (Wildman–Crippen LogP) is 0.231. The molecule has 7 heteroatoms. The van der Waals surface area contributed by atoms with E-state index in [-0.39, 0.29) is 17.9 Å². The van der Waals surface area contributed by atoms with Crippen LogP contribution in [0, 0.1) is 6.92 Å². The number of thiophene rings is 1. The first-order chi connectivity index (χ1) is 9.11. The Balaban J connectivity index is 2.11. The first-order valence-corrected chi connectivity index (χ1v) is 6.86. The molecule has 19 heavy (non-hydrogen) atoms. The van der Waals surface area contributed by atoms with Crippen molar-refractivity contribution >= 4 is 27.5 Å². The van der Waals surface area contributed by atoms with Gasteiger partial charge in [0.2, 0.25) is 5.91 Å². The SMILES string of the molecule is Cc1cc2c(=O)n(CCC(=O)NCCN)cnc2s1. The maximum Gasteiger partial charge on any atom is 0.262 e. The van der Waals surface area contributed by atoms with Gasteiger partial charge >= 0.3 is 0 Å². The smallest absolute Gasteiger partial charge is 0.262 e. The number of nitrogens with one attached hydrogen (secondary N) is 1. The van der Waals surface area contributed by atoms with Crippen LogP contribution in [0.25, 0.3) is 10.2 Å². The predicted molar refractivity (Wildman–Crippen MR) is 75.3 cm³/mol. The van der Waals surface area contributed by atoms with Gasteiger partial charge in [-0.3, -0.25) is 14.2 Å². The molecule has 2 rings (SSSR count). The minimum atomic E-state index is -0.112. The Hall–Kier alpha value is -1.73. The number of hydrogen-bond donors (Lipinski definition) is 2. The molecule has 0 saturated carbocycles. The third-order valence-electron chi connectivity index (χ3n) is 2.69. The molecule has 2 aromatic heterocycles. The molecule has 0 fully saturated rings. The number of aryl methyl sites for hydroxylation is 2. The average Bonchev–Trinajstić information content (AvgIpc) is 2.77. The van der Waals surface area contributed by atoms with E-state index in [0.717, 1.165) is 9.71 Å². The van der Waals surface area contributed by atoms with Gasteiger partial charge in [-0.25, -0.2) is 4.98 Å². The van der Waals surface area contributed by atoms with Gasteiger partial charge in [-0.2, -0.15) is 0 Å². The lowest BCUT2D eigenvalue weighted by Gasteiger charge is -2.05. The number of aromatic nitrogens is 2. The van der Waals surface area contributed by atoms with Crippen molar-refractivity contribution in [2.24, 2.45) is 5.73 Å². The summed E-state index contributed by atoms with van der Waals surface area (Å²) in [7, 11) is 0. The summed E-state index contributed by atoms with van der Waals surface area (Å²) >= 11 is 1.49. The molecule has 0 aromatic carbocycles. The van der Waals surface area contributed by atoms with Crippen LogP contribution in [0.3, 0.4) is 0 Å². The highest BCUT2D eigenvalue weighted by atomic mass is 32.1. The number of amides is 1. The molecule has 102 valence electrons. The summed E-state index contributed by atoms with van der Waals surface area (Å²) in [5, 5.41) is 3.28. The summed E-state index contributed by atoms with van der Waals surface area (Å²) in [5.41, 5.74) is 5.20. The molecule has 0 spiro atoms. The van der Waals surface area contributed by atoms with Crippen molar-refractivity contribution in [3.63, 3.8) is 0 Å². The van der Waals surface area contributed by atoms with Crippen molar-refractivity contribution in [1.82, 2.24) is 14.9 Å². The number of hydrogen-bond acceptors (Lipinski definition) is 5. The minimum absolute atomic E-state index is 0.0963. The molecule has 2 heterocycles. The van der Waals surface area contributed by atoms with Crippen molar-refractivity contribution in [2.75, 3.05) is 13.1 Å². The fraction of sp³-hybridized carbons (Fsp3) is 0.417. The summed E-state index contributed by atoms with van der Waals surface area (Å²) in [6, 6.07) is 1.83. The van der Waals surface area contributed by atoms with Crippen LogP contribution in [-0.2, 0) is 11.3 Å². The molecule has 2 aromatic rings. The highest BCUT2D eigenvalue weighted by Gasteiger charge is 2.08. The zero-order valence-corrected chi connectivity index (χ0v) is 11.5. The Bertz CT molecular complexity index is 647. The molecule has 0 saturated heterocycles. The van der Waals surface area contributed by atoms with Crippen molar-refractivity contribution in [2.45, 2.75) is 19.9 Å². The summed E-state index contributed by atoms with van der Waals surface area (Å²) in [4.78, 5) is 29.6. The molecular weight excluding hydrogens is 264 g/mol. The Morgan fingerprint density at radius 3 is 3.11 bits per heavy atom. The normalized spacial score (nSPS) is 10.8. The first-order valence-electron chi connectivity index (χ1n) is 6.04. The van der Waals surface area contributed by atoms with Crippen LogP contribution in [0.1, 0.15) is 11.3 Å². The topological polar surface area (TPSA) is 90.0 Å². The molecule has 0 aliphatic heterocycles. The Morgan fingerprint density at radius 2 is 2.37 bits per heavy atom. The monoisotopic (exact) mass is 280 g/mol.